The summed E-state index contributed by atoms with van der Waals surface area (Å²) in [6.07, 6.45) is 8.98. The van der Waals surface area contributed by atoms with Gasteiger partial charge in [-0.05, 0) is 32.6 Å². The van der Waals surface area contributed by atoms with Gasteiger partial charge in [-0.2, -0.15) is 0 Å². The van der Waals surface area contributed by atoms with E-state index in [0.717, 1.165) is 25.7 Å². The van der Waals surface area contributed by atoms with E-state index in [4.69, 9.17) is 4.74 Å². The van der Waals surface area contributed by atoms with Crippen LogP contribution in [0.25, 0.3) is 0 Å². The second kappa shape index (κ2) is 9.75. The van der Waals surface area contributed by atoms with E-state index in [1.807, 2.05) is 19.9 Å². The summed E-state index contributed by atoms with van der Waals surface area (Å²) in [4.78, 5) is 11.3. The molecule has 1 unspecified atom stereocenters. The van der Waals surface area contributed by atoms with Gasteiger partial charge in [0, 0.05) is 6.42 Å². The summed E-state index contributed by atoms with van der Waals surface area (Å²) in [6.45, 7) is 7.63. The number of ether oxygens (including phenoxy) is 1. The first-order chi connectivity index (χ1) is 7.20. The maximum Gasteiger partial charge on any atom is 0.306 e. The van der Waals surface area contributed by atoms with E-state index in [2.05, 4.69) is 6.58 Å². The number of carbonyl (C=O) groups excluding carboxylic acids is 1. The number of hydrogen-bond donors (Lipinski definition) is 0. The molecule has 0 aliphatic rings. The quantitative estimate of drug-likeness (QED) is 0.329. The van der Waals surface area contributed by atoms with Crippen LogP contribution < -0.4 is 0 Å². The van der Waals surface area contributed by atoms with Gasteiger partial charge in [-0.1, -0.05) is 25.8 Å². The fraction of sp³-hybridized carbons (Fsp3) is 0.769. The van der Waals surface area contributed by atoms with Crippen LogP contribution in [-0.4, -0.2) is 12.1 Å². The second-order valence-corrected chi connectivity index (χ2v) is 3.95. The molecule has 15 heavy (non-hydrogen) atoms. The Bertz CT molecular complexity index is 175. The normalized spacial score (nSPS) is 12.1. The van der Waals surface area contributed by atoms with Crippen molar-refractivity contribution >= 4 is 5.97 Å². The van der Waals surface area contributed by atoms with Gasteiger partial charge in [0.1, 0.15) is 0 Å². The number of allylic oxidation sites excluding steroid dienone is 1. The van der Waals surface area contributed by atoms with E-state index in [-0.39, 0.29) is 12.1 Å². The zero-order valence-corrected chi connectivity index (χ0v) is 10.1. The third-order valence-electron chi connectivity index (χ3n) is 2.45. The van der Waals surface area contributed by atoms with Crippen LogP contribution in [0.4, 0.5) is 0 Å². The monoisotopic (exact) mass is 212 g/mol. The third-order valence-corrected chi connectivity index (χ3v) is 2.45. The molecule has 0 saturated carbocycles. The molecule has 88 valence electrons. The van der Waals surface area contributed by atoms with Crippen molar-refractivity contribution in [3.8, 4) is 0 Å². The molecule has 0 spiro atoms. The minimum absolute atomic E-state index is 0.0481. The number of rotatable bonds is 9. The predicted molar refractivity (Wildman–Crippen MR) is 63.7 cm³/mol. The molecule has 0 aromatic carbocycles. The van der Waals surface area contributed by atoms with E-state index in [1.165, 1.54) is 12.8 Å². The Hall–Kier alpha value is -0.790. The summed E-state index contributed by atoms with van der Waals surface area (Å²) in [6, 6.07) is 0. The lowest BCUT2D eigenvalue weighted by Gasteiger charge is -2.10. The Morgan fingerprint density at radius 1 is 1.33 bits per heavy atom. The highest BCUT2D eigenvalue weighted by molar-refractivity contribution is 5.69. The Morgan fingerprint density at radius 3 is 2.60 bits per heavy atom. The molecule has 0 radical (unpaired) electrons. The summed E-state index contributed by atoms with van der Waals surface area (Å²) in [5, 5.41) is 0. The summed E-state index contributed by atoms with van der Waals surface area (Å²) in [7, 11) is 0. The number of hydrogen-bond acceptors (Lipinski definition) is 2. The zero-order valence-electron chi connectivity index (χ0n) is 10.1. The van der Waals surface area contributed by atoms with E-state index >= 15 is 0 Å². The molecule has 0 aliphatic heterocycles. The smallest absolute Gasteiger partial charge is 0.306 e. The van der Waals surface area contributed by atoms with Crippen molar-refractivity contribution in [3.05, 3.63) is 12.7 Å². The highest BCUT2D eigenvalue weighted by Gasteiger charge is 2.06. The van der Waals surface area contributed by atoms with Gasteiger partial charge in [-0.3, -0.25) is 4.79 Å². The van der Waals surface area contributed by atoms with Crippen molar-refractivity contribution in [2.75, 3.05) is 0 Å². The van der Waals surface area contributed by atoms with Crippen molar-refractivity contribution in [1.29, 1.82) is 0 Å². The van der Waals surface area contributed by atoms with Crippen LogP contribution in [0.2, 0.25) is 0 Å². The van der Waals surface area contributed by atoms with Crippen molar-refractivity contribution in [3.63, 3.8) is 0 Å². The fourth-order valence-corrected chi connectivity index (χ4v) is 1.28. The minimum atomic E-state index is -0.0481. The number of carbonyl (C=O) groups is 1. The highest BCUT2D eigenvalue weighted by Crippen LogP contribution is 2.07. The Balaban J connectivity index is 3.27. The van der Waals surface area contributed by atoms with E-state index in [1.54, 1.807) is 0 Å². The molecular formula is C13H24O2. The van der Waals surface area contributed by atoms with Crippen LogP contribution in [-0.2, 0) is 9.53 Å². The Kier molecular flexibility index (Phi) is 9.24. The third kappa shape index (κ3) is 9.51. The molecule has 0 aromatic heterocycles. The number of esters is 1. The summed E-state index contributed by atoms with van der Waals surface area (Å²) in [5.74, 6) is -0.0481. The first-order valence-corrected chi connectivity index (χ1v) is 6.01. The number of unbranched alkanes of at least 4 members (excludes halogenated alkanes) is 4. The minimum Gasteiger partial charge on any atom is -0.463 e. The standard InChI is InChI=1S/C13H24O2/c1-4-6-7-8-9-10-11-13(14)15-12(3)5-2/h4,12H,1,5-11H2,2-3H3. The first-order valence-electron chi connectivity index (χ1n) is 6.01. The molecule has 0 fully saturated rings. The lowest BCUT2D eigenvalue weighted by molar-refractivity contribution is -0.148. The van der Waals surface area contributed by atoms with Crippen LogP contribution >= 0.6 is 0 Å². The van der Waals surface area contributed by atoms with Crippen molar-refractivity contribution in [2.24, 2.45) is 0 Å². The zero-order chi connectivity index (χ0) is 11.5. The lowest BCUT2D eigenvalue weighted by Crippen LogP contribution is -2.13. The Labute approximate surface area is 93.7 Å². The van der Waals surface area contributed by atoms with Crippen LogP contribution in [0.3, 0.4) is 0 Å². The molecular weight excluding hydrogens is 188 g/mol. The summed E-state index contributed by atoms with van der Waals surface area (Å²) in [5.41, 5.74) is 0. The molecule has 1 atom stereocenters. The van der Waals surface area contributed by atoms with Crippen molar-refractivity contribution < 1.29 is 9.53 Å². The molecule has 0 amide bonds. The van der Waals surface area contributed by atoms with E-state index < -0.39 is 0 Å². The largest absolute Gasteiger partial charge is 0.463 e. The van der Waals surface area contributed by atoms with Gasteiger partial charge in [-0.15, -0.1) is 6.58 Å². The maximum absolute atomic E-state index is 11.3. The average Bonchev–Trinajstić information content (AvgIpc) is 2.23. The van der Waals surface area contributed by atoms with Gasteiger partial charge in [0.25, 0.3) is 0 Å². The second-order valence-electron chi connectivity index (χ2n) is 3.95. The molecule has 0 aromatic rings. The molecule has 0 N–H and O–H groups in total. The van der Waals surface area contributed by atoms with E-state index in [9.17, 15) is 4.79 Å². The summed E-state index contributed by atoms with van der Waals surface area (Å²) < 4.78 is 5.17. The fourth-order valence-electron chi connectivity index (χ4n) is 1.28. The highest BCUT2D eigenvalue weighted by atomic mass is 16.5. The topological polar surface area (TPSA) is 26.3 Å². The predicted octanol–water partition coefficient (Wildman–Crippen LogP) is 3.85. The molecule has 0 bridgehead atoms. The van der Waals surface area contributed by atoms with Crippen LogP contribution in [0.1, 0.15) is 58.8 Å². The van der Waals surface area contributed by atoms with Gasteiger partial charge >= 0.3 is 5.97 Å². The molecule has 0 rings (SSSR count). The maximum atomic E-state index is 11.3. The van der Waals surface area contributed by atoms with Crippen molar-refractivity contribution in [1.82, 2.24) is 0 Å². The molecule has 2 nitrogen and oxygen atoms in total. The summed E-state index contributed by atoms with van der Waals surface area (Å²) >= 11 is 0. The van der Waals surface area contributed by atoms with Crippen LogP contribution in [0.15, 0.2) is 12.7 Å². The van der Waals surface area contributed by atoms with Gasteiger partial charge < -0.3 is 4.74 Å². The molecule has 2 heteroatoms. The molecule has 0 saturated heterocycles. The van der Waals surface area contributed by atoms with E-state index in [0.29, 0.717) is 6.42 Å². The Morgan fingerprint density at radius 2 is 2.00 bits per heavy atom. The lowest BCUT2D eigenvalue weighted by atomic mass is 10.1. The van der Waals surface area contributed by atoms with Crippen LogP contribution in [0.5, 0.6) is 0 Å². The average molecular weight is 212 g/mol. The van der Waals surface area contributed by atoms with Crippen molar-refractivity contribution in [2.45, 2.75) is 64.9 Å². The van der Waals surface area contributed by atoms with Gasteiger partial charge in [0.15, 0.2) is 0 Å². The van der Waals surface area contributed by atoms with Gasteiger partial charge in [-0.25, -0.2) is 0 Å². The molecule has 0 aliphatic carbocycles. The van der Waals surface area contributed by atoms with Crippen LogP contribution in [0, 0.1) is 0 Å². The first kappa shape index (κ1) is 14.2. The SMILES string of the molecule is C=CCCCCCCC(=O)OC(C)CC. The van der Waals surface area contributed by atoms with Gasteiger partial charge in [0.2, 0.25) is 0 Å². The van der Waals surface area contributed by atoms with Gasteiger partial charge in [0.05, 0.1) is 6.10 Å². The molecule has 0 heterocycles.